The number of rotatable bonds is 7. The van der Waals surface area contributed by atoms with Gasteiger partial charge in [-0.15, -0.1) is 0 Å². The molecule has 1 heterocycles. The standard InChI is InChI=1S/C17H26N2O3/c1-4-10-22-17(8-6-7-9-17)16(20)19-14-11-13(3)15(18-12-14)21-5-2/h11-12H,4-10H2,1-3H3,(H,19,20). The van der Waals surface area contributed by atoms with Crippen LogP contribution in [0, 0.1) is 6.92 Å². The summed E-state index contributed by atoms with van der Waals surface area (Å²) in [7, 11) is 0. The van der Waals surface area contributed by atoms with Crippen molar-refractivity contribution in [3.63, 3.8) is 0 Å². The number of anilines is 1. The molecule has 22 heavy (non-hydrogen) atoms. The van der Waals surface area contributed by atoms with E-state index in [-0.39, 0.29) is 5.91 Å². The Balaban J connectivity index is 2.08. The quantitative estimate of drug-likeness (QED) is 0.838. The molecule has 0 spiro atoms. The largest absolute Gasteiger partial charge is 0.478 e. The Kier molecular flexibility index (Phi) is 5.77. The molecule has 1 aromatic heterocycles. The highest BCUT2D eigenvalue weighted by Gasteiger charge is 2.42. The van der Waals surface area contributed by atoms with Crippen LogP contribution in [0.2, 0.25) is 0 Å². The van der Waals surface area contributed by atoms with E-state index in [4.69, 9.17) is 9.47 Å². The number of ether oxygens (including phenoxy) is 2. The molecule has 0 aliphatic heterocycles. The van der Waals surface area contributed by atoms with Crippen LogP contribution in [0.25, 0.3) is 0 Å². The SMILES string of the molecule is CCCOC1(C(=O)Nc2cnc(OCC)c(C)c2)CCCC1. The van der Waals surface area contributed by atoms with Gasteiger partial charge in [0.2, 0.25) is 5.88 Å². The second kappa shape index (κ2) is 7.58. The molecule has 1 aromatic rings. The maximum Gasteiger partial charge on any atom is 0.256 e. The van der Waals surface area contributed by atoms with Crippen molar-refractivity contribution in [1.82, 2.24) is 4.98 Å². The fourth-order valence-electron chi connectivity index (χ4n) is 2.84. The average molecular weight is 306 g/mol. The van der Waals surface area contributed by atoms with Crippen LogP contribution < -0.4 is 10.1 Å². The van der Waals surface area contributed by atoms with E-state index in [0.29, 0.717) is 24.8 Å². The molecule has 1 fully saturated rings. The Morgan fingerprint density at radius 3 is 2.68 bits per heavy atom. The Bertz CT molecular complexity index is 511. The predicted octanol–water partition coefficient (Wildman–Crippen LogP) is 3.47. The summed E-state index contributed by atoms with van der Waals surface area (Å²) in [6.07, 6.45) is 6.22. The van der Waals surface area contributed by atoms with Crippen molar-refractivity contribution in [3.8, 4) is 5.88 Å². The molecule has 1 saturated carbocycles. The van der Waals surface area contributed by atoms with Crippen LogP contribution in [0.3, 0.4) is 0 Å². The van der Waals surface area contributed by atoms with Crippen LogP contribution in [-0.4, -0.2) is 29.7 Å². The van der Waals surface area contributed by atoms with Gasteiger partial charge in [-0.3, -0.25) is 4.79 Å². The second-order valence-corrected chi connectivity index (χ2v) is 5.78. The molecule has 2 rings (SSSR count). The number of aromatic nitrogens is 1. The first-order valence-corrected chi connectivity index (χ1v) is 8.16. The van der Waals surface area contributed by atoms with Crippen molar-refractivity contribution in [1.29, 1.82) is 0 Å². The molecule has 5 nitrogen and oxygen atoms in total. The zero-order chi connectivity index (χ0) is 16.0. The molecule has 1 aliphatic rings. The van der Waals surface area contributed by atoms with Crippen molar-refractivity contribution in [2.45, 2.75) is 58.5 Å². The smallest absolute Gasteiger partial charge is 0.256 e. The van der Waals surface area contributed by atoms with Gasteiger partial charge < -0.3 is 14.8 Å². The van der Waals surface area contributed by atoms with Gasteiger partial charge in [0.15, 0.2) is 0 Å². The number of nitrogens with one attached hydrogen (secondary N) is 1. The lowest BCUT2D eigenvalue weighted by molar-refractivity contribution is -0.140. The predicted molar refractivity (Wildman–Crippen MR) is 86.2 cm³/mol. The monoisotopic (exact) mass is 306 g/mol. The van der Waals surface area contributed by atoms with Gasteiger partial charge in [-0.2, -0.15) is 0 Å². The second-order valence-electron chi connectivity index (χ2n) is 5.78. The van der Waals surface area contributed by atoms with Gasteiger partial charge in [0.25, 0.3) is 5.91 Å². The summed E-state index contributed by atoms with van der Waals surface area (Å²) in [5.74, 6) is 0.558. The third kappa shape index (κ3) is 3.77. The summed E-state index contributed by atoms with van der Waals surface area (Å²) >= 11 is 0. The Morgan fingerprint density at radius 2 is 2.09 bits per heavy atom. The molecule has 0 saturated heterocycles. The molecular formula is C17H26N2O3. The van der Waals surface area contributed by atoms with Crippen LogP contribution in [0.15, 0.2) is 12.3 Å². The third-order valence-electron chi connectivity index (χ3n) is 3.98. The number of hydrogen-bond acceptors (Lipinski definition) is 4. The minimum atomic E-state index is -0.664. The van der Waals surface area contributed by atoms with Gasteiger partial charge in [0.05, 0.1) is 18.5 Å². The molecule has 1 amide bonds. The molecule has 0 radical (unpaired) electrons. The fourth-order valence-corrected chi connectivity index (χ4v) is 2.84. The molecular weight excluding hydrogens is 280 g/mol. The van der Waals surface area contributed by atoms with E-state index in [1.807, 2.05) is 19.9 Å². The highest BCUT2D eigenvalue weighted by atomic mass is 16.5. The third-order valence-corrected chi connectivity index (χ3v) is 3.98. The molecule has 5 heteroatoms. The van der Waals surface area contributed by atoms with Crippen LogP contribution in [-0.2, 0) is 9.53 Å². The lowest BCUT2D eigenvalue weighted by atomic mass is 10.0. The lowest BCUT2D eigenvalue weighted by Crippen LogP contribution is -2.43. The van der Waals surface area contributed by atoms with Crippen molar-refractivity contribution < 1.29 is 14.3 Å². The van der Waals surface area contributed by atoms with Gasteiger partial charge in [-0.25, -0.2) is 4.98 Å². The van der Waals surface area contributed by atoms with Crippen LogP contribution in [0.5, 0.6) is 5.88 Å². The summed E-state index contributed by atoms with van der Waals surface area (Å²) in [5.41, 5.74) is 0.939. The molecule has 0 aromatic carbocycles. The minimum Gasteiger partial charge on any atom is -0.478 e. The highest BCUT2D eigenvalue weighted by Crippen LogP contribution is 2.34. The first-order valence-electron chi connectivity index (χ1n) is 8.16. The molecule has 0 atom stereocenters. The van der Waals surface area contributed by atoms with Crippen molar-refractivity contribution in [2.24, 2.45) is 0 Å². The number of amides is 1. The number of carbonyl (C=O) groups is 1. The van der Waals surface area contributed by atoms with E-state index in [1.54, 1.807) is 6.20 Å². The van der Waals surface area contributed by atoms with Gasteiger partial charge in [-0.1, -0.05) is 6.92 Å². The Labute approximate surface area is 132 Å². The first kappa shape index (κ1) is 16.7. The summed E-state index contributed by atoms with van der Waals surface area (Å²) in [4.78, 5) is 16.9. The maximum atomic E-state index is 12.7. The van der Waals surface area contributed by atoms with E-state index < -0.39 is 5.60 Å². The van der Waals surface area contributed by atoms with E-state index >= 15 is 0 Å². The number of pyridine rings is 1. The van der Waals surface area contributed by atoms with Crippen LogP contribution in [0.4, 0.5) is 5.69 Å². The van der Waals surface area contributed by atoms with Gasteiger partial charge in [0, 0.05) is 12.2 Å². The minimum absolute atomic E-state index is 0.0520. The van der Waals surface area contributed by atoms with Crippen molar-refractivity contribution >= 4 is 11.6 Å². The zero-order valence-electron chi connectivity index (χ0n) is 13.8. The first-order chi connectivity index (χ1) is 10.6. The number of hydrogen-bond donors (Lipinski definition) is 1. The summed E-state index contributed by atoms with van der Waals surface area (Å²) in [5, 5.41) is 2.96. The molecule has 0 unspecified atom stereocenters. The molecule has 1 N–H and O–H groups in total. The highest BCUT2D eigenvalue weighted by molar-refractivity contribution is 5.97. The fraction of sp³-hybridized carbons (Fsp3) is 0.647. The molecule has 0 bridgehead atoms. The molecule has 122 valence electrons. The Hall–Kier alpha value is -1.62. The van der Waals surface area contributed by atoms with E-state index in [0.717, 1.165) is 37.7 Å². The summed E-state index contributed by atoms with van der Waals surface area (Å²) in [6.45, 7) is 7.10. The average Bonchev–Trinajstić information content (AvgIpc) is 2.98. The summed E-state index contributed by atoms with van der Waals surface area (Å²) in [6, 6.07) is 1.89. The Morgan fingerprint density at radius 1 is 1.36 bits per heavy atom. The van der Waals surface area contributed by atoms with Crippen LogP contribution in [0.1, 0.15) is 51.5 Å². The zero-order valence-corrected chi connectivity index (χ0v) is 13.8. The van der Waals surface area contributed by atoms with Gasteiger partial charge in [0.1, 0.15) is 5.60 Å². The van der Waals surface area contributed by atoms with Gasteiger partial charge in [-0.05, 0) is 52.0 Å². The van der Waals surface area contributed by atoms with Crippen LogP contribution >= 0.6 is 0 Å². The number of nitrogens with zero attached hydrogens (tertiary/aromatic N) is 1. The van der Waals surface area contributed by atoms with E-state index in [2.05, 4.69) is 17.2 Å². The topological polar surface area (TPSA) is 60.5 Å². The van der Waals surface area contributed by atoms with Crippen molar-refractivity contribution in [2.75, 3.05) is 18.5 Å². The van der Waals surface area contributed by atoms with E-state index in [1.165, 1.54) is 0 Å². The maximum absolute atomic E-state index is 12.7. The van der Waals surface area contributed by atoms with Gasteiger partial charge >= 0.3 is 0 Å². The molecule has 1 aliphatic carbocycles. The van der Waals surface area contributed by atoms with Crippen molar-refractivity contribution in [3.05, 3.63) is 17.8 Å². The van der Waals surface area contributed by atoms with E-state index in [9.17, 15) is 4.79 Å². The number of carbonyl (C=O) groups excluding carboxylic acids is 1. The normalized spacial score (nSPS) is 16.5. The lowest BCUT2D eigenvalue weighted by Gasteiger charge is -2.28. The summed E-state index contributed by atoms with van der Waals surface area (Å²) < 4.78 is 11.3. The number of aryl methyl sites for hydroxylation is 1.